The summed E-state index contributed by atoms with van der Waals surface area (Å²) in [5, 5.41) is 0. The highest BCUT2D eigenvalue weighted by Crippen LogP contribution is 2.31. The van der Waals surface area contributed by atoms with Gasteiger partial charge in [0, 0.05) is 12.1 Å². The number of carbonyl (C=O) groups is 1. The Balaban J connectivity index is 2.05. The first kappa shape index (κ1) is 17.0. The monoisotopic (exact) mass is 344 g/mol. The first-order chi connectivity index (χ1) is 11.9. The number of rotatable bonds is 4. The van der Waals surface area contributed by atoms with E-state index >= 15 is 0 Å². The van der Waals surface area contributed by atoms with Crippen LogP contribution in [-0.2, 0) is 12.7 Å². The van der Waals surface area contributed by atoms with Crippen molar-refractivity contribution in [2.45, 2.75) is 19.6 Å². The van der Waals surface area contributed by atoms with Crippen LogP contribution in [-0.4, -0.2) is 15.8 Å². The fourth-order valence-electron chi connectivity index (χ4n) is 2.69. The number of alkyl halides is 3. The minimum Gasteiger partial charge on any atom is -0.317 e. The van der Waals surface area contributed by atoms with Crippen LogP contribution in [0.3, 0.4) is 0 Å². The highest BCUT2D eigenvalue weighted by Gasteiger charge is 2.30. The zero-order valence-electron chi connectivity index (χ0n) is 13.4. The molecule has 0 fully saturated rings. The Kier molecular flexibility index (Phi) is 4.44. The zero-order valence-corrected chi connectivity index (χ0v) is 13.4. The highest BCUT2D eigenvalue weighted by atomic mass is 19.4. The summed E-state index contributed by atoms with van der Waals surface area (Å²) < 4.78 is 40.0. The Morgan fingerprint density at radius 1 is 1.04 bits per heavy atom. The molecule has 3 rings (SSSR count). The number of aromatic nitrogens is 2. The minimum atomic E-state index is -4.39. The van der Waals surface area contributed by atoms with Crippen LogP contribution in [0.1, 0.15) is 27.3 Å². The highest BCUT2D eigenvalue weighted by molar-refractivity contribution is 5.76. The summed E-state index contributed by atoms with van der Waals surface area (Å²) in [5.74, 6) is 0.470. The first-order valence-corrected chi connectivity index (χ1v) is 7.64. The van der Waals surface area contributed by atoms with Gasteiger partial charge in [0.1, 0.15) is 11.5 Å². The number of hydrogen-bond acceptors (Lipinski definition) is 2. The second kappa shape index (κ2) is 6.55. The molecule has 0 aliphatic heterocycles. The van der Waals surface area contributed by atoms with Crippen LogP contribution in [0.2, 0.25) is 0 Å². The summed E-state index contributed by atoms with van der Waals surface area (Å²) in [6.07, 6.45) is -3.67. The van der Waals surface area contributed by atoms with Crippen molar-refractivity contribution >= 4 is 6.29 Å². The van der Waals surface area contributed by atoms with E-state index < -0.39 is 11.7 Å². The Labute approximate surface area is 142 Å². The molecule has 0 aliphatic rings. The number of imidazole rings is 1. The van der Waals surface area contributed by atoms with Crippen LogP contribution in [0.25, 0.3) is 11.4 Å². The van der Waals surface area contributed by atoms with E-state index in [9.17, 15) is 18.0 Å². The molecule has 0 saturated heterocycles. The number of aldehydes is 1. The van der Waals surface area contributed by atoms with Gasteiger partial charge in [-0.2, -0.15) is 13.2 Å². The molecule has 0 atom stereocenters. The molecule has 128 valence electrons. The average Bonchev–Trinajstić information content (AvgIpc) is 2.90. The van der Waals surface area contributed by atoms with Gasteiger partial charge in [-0.25, -0.2) is 4.98 Å². The van der Waals surface area contributed by atoms with Gasteiger partial charge in [-0.3, -0.25) is 4.79 Å². The third-order valence-corrected chi connectivity index (χ3v) is 3.96. The van der Waals surface area contributed by atoms with Gasteiger partial charge in [-0.15, -0.1) is 0 Å². The van der Waals surface area contributed by atoms with E-state index in [1.165, 1.54) is 12.1 Å². The topological polar surface area (TPSA) is 34.9 Å². The van der Waals surface area contributed by atoms with Crippen LogP contribution in [0.4, 0.5) is 13.2 Å². The SMILES string of the molecule is Cc1nc(-c2ccc(C(F)(F)F)cc2)n(Cc2ccccc2)c1C=O. The predicted octanol–water partition coefficient (Wildman–Crippen LogP) is 4.74. The summed E-state index contributed by atoms with van der Waals surface area (Å²) in [4.78, 5) is 15.8. The quantitative estimate of drug-likeness (QED) is 0.641. The smallest absolute Gasteiger partial charge is 0.317 e. The van der Waals surface area contributed by atoms with E-state index in [1.807, 2.05) is 30.3 Å². The second-order valence-electron chi connectivity index (χ2n) is 5.67. The molecule has 0 aliphatic carbocycles. The lowest BCUT2D eigenvalue weighted by molar-refractivity contribution is -0.137. The molecular formula is C19H15F3N2O. The molecule has 1 heterocycles. The number of aryl methyl sites for hydroxylation is 1. The van der Waals surface area contributed by atoms with Crippen LogP contribution in [0, 0.1) is 6.92 Å². The lowest BCUT2D eigenvalue weighted by Crippen LogP contribution is -2.07. The Hall–Kier alpha value is -2.89. The fraction of sp³-hybridized carbons (Fsp3) is 0.158. The Morgan fingerprint density at radius 2 is 1.68 bits per heavy atom. The number of halogens is 3. The molecule has 1 aromatic heterocycles. The number of benzene rings is 2. The van der Waals surface area contributed by atoms with E-state index in [2.05, 4.69) is 4.98 Å². The number of nitrogens with zero attached hydrogens (tertiary/aromatic N) is 2. The van der Waals surface area contributed by atoms with Crippen molar-refractivity contribution in [1.29, 1.82) is 0 Å². The molecule has 6 heteroatoms. The fourth-order valence-corrected chi connectivity index (χ4v) is 2.69. The summed E-state index contributed by atoms with van der Waals surface area (Å²) in [7, 11) is 0. The molecule has 2 aromatic carbocycles. The lowest BCUT2D eigenvalue weighted by Gasteiger charge is -2.11. The molecule has 3 aromatic rings. The maximum atomic E-state index is 12.7. The first-order valence-electron chi connectivity index (χ1n) is 7.64. The van der Waals surface area contributed by atoms with E-state index in [1.54, 1.807) is 11.5 Å². The van der Waals surface area contributed by atoms with Crippen molar-refractivity contribution in [3.8, 4) is 11.4 Å². The van der Waals surface area contributed by atoms with Crippen molar-refractivity contribution in [1.82, 2.24) is 9.55 Å². The predicted molar refractivity (Wildman–Crippen MR) is 88.3 cm³/mol. The van der Waals surface area contributed by atoms with Crippen molar-refractivity contribution < 1.29 is 18.0 Å². The summed E-state index contributed by atoms with van der Waals surface area (Å²) >= 11 is 0. The molecule has 0 spiro atoms. The molecule has 3 nitrogen and oxygen atoms in total. The van der Waals surface area contributed by atoms with Gasteiger partial charge < -0.3 is 4.57 Å². The molecule has 0 saturated carbocycles. The minimum absolute atomic E-state index is 0.409. The maximum Gasteiger partial charge on any atom is 0.416 e. The van der Waals surface area contributed by atoms with Crippen LogP contribution in [0.5, 0.6) is 0 Å². The van der Waals surface area contributed by atoms with Crippen molar-refractivity contribution in [2.75, 3.05) is 0 Å². The maximum absolute atomic E-state index is 12.7. The number of hydrogen-bond donors (Lipinski definition) is 0. The van der Waals surface area contributed by atoms with Crippen molar-refractivity contribution in [3.63, 3.8) is 0 Å². The van der Waals surface area contributed by atoms with Crippen molar-refractivity contribution in [3.05, 3.63) is 77.1 Å². The lowest BCUT2D eigenvalue weighted by atomic mass is 10.1. The van der Waals surface area contributed by atoms with Crippen LogP contribution < -0.4 is 0 Å². The van der Waals surface area contributed by atoms with Gasteiger partial charge in [0.25, 0.3) is 0 Å². The Bertz CT molecular complexity index is 882. The normalized spacial score (nSPS) is 11.5. The van der Waals surface area contributed by atoms with Gasteiger partial charge in [-0.05, 0) is 24.6 Å². The van der Waals surface area contributed by atoms with E-state index in [-0.39, 0.29) is 0 Å². The van der Waals surface area contributed by atoms with Gasteiger partial charge >= 0.3 is 6.18 Å². The van der Waals surface area contributed by atoms with Crippen molar-refractivity contribution in [2.24, 2.45) is 0 Å². The van der Waals surface area contributed by atoms with E-state index in [4.69, 9.17) is 0 Å². The zero-order chi connectivity index (χ0) is 18.0. The van der Waals surface area contributed by atoms with E-state index in [0.29, 0.717) is 29.3 Å². The molecule has 0 amide bonds. The van der Waals surface area contributed by atoms with Gasteiger partial charge in [0.15, 0.2) is 6.29 Å². The molecule has 0 radical (unpaired) electrons. The molecule has 0 bridgehead atoms. The number of carbonyl (C=O) groups excluding carboxylic acids is 1. The molecule has 0 unspecified atom stereocenters. The van der Waals surface area contributed by atoms with Gasteiger partial charge in [0.2, 0.25) is 0 Å². The van der Waals surface area contributed by atoms with Crippen LogP contribution >= 0.6 is 0 Å². The Morgan fingerprint density at radius 3 is 2.24 bits per heavy atom. The summed E-state index contributed by atoms with van der Waals surface area (Å²) in [5.41, 5.74) is 1.74. The largest absolute Gasteiger partial charge is 0.416 e. The van der Waals surface area contributed by atoms with Gasteiger partial charge in [0.05, 0.1) is 11.3 Å². The summed E-state index contributed by atoms with van der Waals surface area (Å²) in [6.45, 7) is 2.12. The average molecular weight is 344 g/mol. The third kappa shape index (κ3) is 3.47. The van der Waals surface area contributed by atoms with E-state index in [0.717, 1.165) is 24.0 Å². The van der Waals surface area contributed by atoms with Gasteiger partial charge in [-0.1, -0.05) is 42.5 Å². The molecule has 25 heavy (non-hydrogen) atoms. The second-order valence-corrected chi connectivity index (χ2v) is 5.67. The molecule has 0 N–H and O–H groups in total. The summed E-state index contributed by atoms with van der Waals surface area (Å²) in [6, 6.07) is 14.3. The van der Waals surface area contributed by atoms with Crippen LogP contribution in [0.15, 0.2) is 54.6 Å². The molecular weight excluding hydrogens is 329 g/mol. The standard InChI is InChI=1S/C19H15F3N2O/c1-13-17(12-25)24(11-14-5-3-2-4-6-14)18(23-13)15-7-9-16(10-8-15)19(20,21)22/h2-10,12H,11H2,1H3. The third-order valence-electron chi connectivity index (χ3n) is 3.96.